The second kappa shape index (κ2) is 8.88. The van der Waals surface area contributed by atoms with Crippen LogP contribution in [0, 0.1) is 0 Å². The summed E-state index contributed by atoms with van der Waals surface area (Å²) >= 11 is 0. The normalized spacial score (nSPS) is 12.7. The number of carbonyl (C=O) groups excluding carboxylic acids is 3. The smallest absolute Gasteiger partial charge is 0.407 e. The Labute approximate surface area is 160 Å². The maximum atomic E-state index is 12.1. The van der Waals surface area contributed by atoms with Gasteiger partial charge in [0.1, 0.15) is 11.2 Å². The summed E-state index contributed by atoms with van der Waals surface area (Å²) in [6.07, 6.45) is -0.623. The third-order valence-corrected chi connectivity index (χ3v) is 3.28. The zero-order valence-corrected chi connectivity index (χ0v) is 17.0. The Morgan fingerprint density at radius 3 is 1.89 bits per heavy atom. The second-order valence-electron chi connectivity index (χ2n) is 8.08. The summed E-state index contributed by atoms with van der Waals surface area (Å²) in [7, 11) is 1.28. The number of ether oxygens (including phenoxy) is 3. The van der Waals surface area contributed by atoms with E-state index < -0.39 is 35.2 Å². The Bertz CT molecular complexity index is 667. The number of methoxy groups -OCH3 is 1. The fourth-order valence-corrected chi connectivity index (χ4v) is 2.17. The van der Waals surface area contributed by atoms with Gasteiger partial charge < -0.3 is 19.5 Å². The van der Waals surface area contributed by atoms with Gasteiger partial charge in [0, 0.05) is 6.54 Å². The standard InChI is InChI=1S/C20H29NO6/c1-19(2,3)26-16(22)14-10-8-13(9-11-14)15(17(23)25-7)12-21-18(24)27-20(4,5)6/h8-11,15H,12H2,1-7H3,(H,21,24). The first-order chi connectivity index (χ1) is 12.3. The lowest BCUT2D eigenvalue weighted by molar-refractivity contribution is -0.142. The molecule has 1 rings (SSSR count). The monoisotopic (exact) mass is 379 g/mol. The van der Waals surface area contributed by atoms with Crippen molar-refractivity contribution in [1.29, 1.82) is 0 Å². The summed E-state index contributed by atoms with van der Waals surface area (Å²) in [5, 5.41) is 2.57. The van der Waals surface area contributed by atoms with Crippen LogP contribution < -0.4 is 5.32 Å². The van der Waals surface area contributed by atoms with Gasteiger partial charge in [0.05, 0.1) is 18.6 Å². The van der Waals surface area contributed by atoms with Crippen molar-refractivity contribution in [1.82, 2.24) is 5.32 Å². The van der Waals surface area contributed by atoms with E-state index >= 15 is 0 Å². The second-order valence-corrected chi connectivity index (χ2v) is 8.08. The van der Waals surface area contributed by atoms with Crippen molar-refractivity contribution >= 4 is 18.0 Å². The third-order valence-electron chi connectivity index (χ3n) is 3.28. The molecule has 0 aromatic heterocycles. The third kappa shape index (κ3) is 8.11. The fourth-order valence-electron chi connectivity index (χ4n) is 2.17. The fraction of sp³-hybridized carbons (Fsp3) is 0.550. The predicted molar refractivity (Wildman–Crippen MR) is 101 cm³/mol. The van der Waals surface area contributed by atoms with Crippen LogP contribution in [-0.2, 0) is 19.0 Å². The molecule has 150 valence electrons. The van der Waals surface area contributed by atoms with Crippen LogP contribution in [0.15, 0.2) is 24.3 Å². The Morgan fingerprint density at radius 2 is 1.44 bits per heavy atom. The molecule has 1 aromatic carbocycles. The van der Waals surface area contributed by atoms with Crippen LogP contribution in [0.5, 0.6) is 0 Å². The van der Waals surface area contributed by atoms with E-state index in [1.165, 1.54) is 7.11 Å². The first kappa shape index (κ1) is 22.5. The van der Waals surface area contributed by atoms with E-state index in [9.17, 15) is 14.4 Å². The molecule has 1 unspecified atom stereocenters. The van der Waals surface area contributed by atoms with Crippen LogP contribution >= 0.6 is 0 Å². The molecule has 7 nitrogen and oxygen atoms in total. The lowest BCUT2D eigenvalue weighted by Gasteiger charge is -2.21. The minimum Gasteiger partial charge on any atom is -0.468 e. The minimum atomic E-state index is -0.727. The van der Waals surface area contributed by atoms with E-state index in [1.807, 2.05) is 0 Å². The van der Waals surface area contributed by atoms with Crippen molar-refractivity contribution in [3.63, 3.8) is 0 Å². The molecule has 7 heteroatoms. The van der Waals surface area contributed by atoms with Gasteiger partial charge in [-0.2, -0.15) is 0 Å². The molecule has 0 heterocycles. The number of hydrogen-bond donors (Lipinski definition) is 1. The average Bonchev–Trinajstić information content (AvgIpc) is 2.52. The number of hydrogen-bond acceptors (Lipinski definition) is 6. The summed E-state index contributed by atoms with van der Waals surface area (Å²) in [5.41, 5.74) is -0.260. The largest absolute Gasteiger partial charge is 0.468 e. The first-order valence-electron chi connectivity index (χ1n) is 8.70. The molecule has 1 amide bonds. The zero-order valence-electron chi connectivity index (χ0n) is 17.0. The lowest BCUT2D eigenvalue weighted by atomic mass is 9.98. The highest BCUT2D eigenvalue weighted by Crippen LogP contribution is 2.19. The van der Waals surface area contributed by atoms with Crippen molar-refractivity contribution < 1.29 is 28.6 Å². The maximum Gasteiger partial charge on any atom is 0.407 e. The molecule has 1 aromatic rings. The Morgan fingerprint density at radius 1 is 0.926 bits per heavy atom. The summed E-state index contributed by atoms with van der Waals surface area (Å²) in [6.45, 7) is 10.6. The molecule has 0 aliphatic heterocycles. The molecule has 0 aliphatic carbocycles. The van der Waals surface area contributed by atoms with Crippen LogP contribution in [0.2, 0.25) is 0 Å². The van der Waals surface area contributed by atoms with Crippen molar-refractivity contribution in [2.45, 2.75) is 58.7 Å². The topological polar surface area (TPSA) is 90.9 Å². The zero-order chi connectivity index (χ0) is 20.8. The molecule has 0 aliphatic rings. The van der Waals surface area contributed by atoms with E-state index in [1.54, 1.807) is 65.8 Å². The molecule has 0 saturated carbocycles. The van der Waals surface area contributed by atoms with Gasteiger partial charge in [-0.05, 0) is 59.2 Å². The molecular weight excluding hydrogens is 350 g/mol. The molecule has 27 heavy (non-hydrogen) atoms. The molecule has 1 N–H and O–H groups in total. The molecule has 1 atom stereocenters. The van der Waals surface area contributed by atoms with Gasteiger partial charge in [0.25, 0.3) is 0 Å². The molecule has 0 saturated heterocycles. The van der Waals surface area contributed by atoms with Crippen LogP contribution in [0.1, 0.15) is 63.4 Å². The summed E-state index contributed by atoms with van der Waals surface area (Å²) in [6, 6.07) is 6.43. The van der Waals surface area contributed by atoms with E-state index in [-0.39, 0.29) is 6.54 Å². The van der Waals surface area contributed by atoms with E-state index in [0.29, 0.717) is 11.1 Å². The molecular formula is C20H29NO6. The Kier molecular flexibility index (Phi) is 7.39. The number of alkyl carbamates (subject to hydrolysis) is 1. The van der Waals surface area contributed by atoms with Crippen LogP contribution in [-0.4, -0.2) is 42.9 Å². The number of esters is 2. The molecule has 0 bridgehead atoms. The van der Waals surface area contributed by atoms with Gasteiger partial charge in [0.15, 0.2) is 0 Å². The number of benzene rings is 1. The number of amides is 1. The minimum absolute atomic E-state index is 0.00731. The van der Waals surface area contributed by atoms with Gasteiger partial charge in [-0.1, -0.05) is 12.1 Å². The summed E-state index contributed by atoms with van der Waals surface area (Å²) in [5.74, 6) is -1.68. The number of rotatable bonds is 5. The van der Waals surface area contributed by atoms with Gasteiger partial charge in [0.2, 0.25) is 0 Å². The number of nitrogens with one attached hydrogen (secondary N) is 1. The van der Waals surface area contributed by atoms with Crippen molar-refractivity contribution in [3.8, 4) is 0 Å². The lowest BCUT2D eigenvalue weighted by Crippen LogP contribution is -2.36. The van der Waals surface area contributed by atoms with Crippen molar-refractivity contribution in [3.05, 3.63) is 35.4 Å². The quantitative estimate of drug-likeness (QED) is 0.623. The van der Waals surface area contributed by atoms with Crippen LogP contribution in [0.4, 0.5) is 4.79 Å². The van der Waals surface area contributed by atoms with Crippen LogP contribution in [0.25, 0.3) is 0 Å². The highest BCUT2D eigenvalue weighted by molar-refractivity contribution is 5.90. The molecule has 0 radical (unpaired) electrons. The molecule has 0 spiro atoms. The highest BCUT2D eigenvalue weighted by Gasteiger charge is 2.25. The van der Waals surface area contributed by atoms with Crippen molar-refractivity contribution in [2.24, 2.45) is 0 Å². The summed E-state index contributed by atoms with van der Waals surface area (Å²) in [4.78, 5) is 36.0. The Balaban J connectivity index is 2.87. The first-order valence-corrected chi connectivity index (χ1v) is 8.70. The summed E-state index contributed by atoms with van der Waals surface area (Å²) < 4.78 is 15.3. The van der Waals surface area contributed by atoms with E-state index in [0.717, 1.165) is 0 Å². The van der Waals surface area contributed by atoms with Gasteiger partial charge in [-0.25, -0.2) is 9.59 Å². The van der Waals surface area contributed by atoms with Gasteiger partial charge in [-0.3, -0.25) is 4.79 Å². The highest BCUT2D eigenvalue weighted by atomic mass is 16.6. The van der Waals surface area contributed by atoms with E-state index in [4.69, 9.17) is 14.2 Å². The SMILES string of the molecule is COC(=O)C(CNC(=O)OC(C)(C)C)c1ccc(C(=O)OC(C)(C)C)cc1. The number of carbonyl (C=O) groups is 3. The average molecular weight is 379 g/mol. The van der Waals surface area contributed by atoms with Gasteiger partial charge >= 0.3 is 18.0 Å². The predicted octanol–water partition coefficient (Wildman–Crippen LogP) is 3.42. The maximum absolute atomic E-state index is 12.1. The Hall–Kier alpha value is -2.57. The molecule has 0 fully saturated rings. The van der Waals surface area contributed by atoms with Crippen LogP contribution in [0.3, 0.4) is 0 Å². The van der Waals surface area contributed by atoms with Crippen molar-refractivity contribution in [2.75, 3.05) is 13.7 Å². The van der Waals surface area contributed by atoms with E-state index in [2.05, 4.69) is 5.32 Å². The van der Waals surface area contributed by atoms with Gasteiger partial charge in [-0.15, -0.1) is 0 Å².